The lowest BCUT2D eigenvalue weighted by Gasteiger charge is -2.30. The highest BCUT2D eigenvalue weighted by Gasteiger charge is 2.47. The summed E-state index contributed by atoms with van der Waals surface area (Å²) in [7, 11) is 0. The summed E-state index contributed by atoms with van der Waals surface area (Å²) >= 11 is 10.1. The third-order valence-electron chi connectivity index (χ3n) is 1.91. The van der Waals surface area contributed by atoms with Crippen LogP contribution < -0.4 is 0 Å². The standard InChI is InChI=1S/C8H10Cl2F6O/c9-1-5(7(13,14)3-11)17-6(2-10)8(15,16)4-12/h5-6H,1-4H2. The van der Waals surface area contributed by atoms with Gasteiger partial charge in [-0.3, -0.25) is 0 Å². The highest BCUT2D eigenvalue weighted by molar-refractivity contribution is 6.18. The van der Waals surface area contributed by atoms with Gasteiger partial charge in [-0.2, -0.15) is 0 Å². The number of halogens is 8. The summed E-state index contributed by atoms with van der Waals surface area (Å²) in [6, 6.07) is 0. The zero-order chi connectivity index (χ0) is 13.7. The Morgan fingerprint density at radius 3 is 1.29 bits per heavy atom. The van der Waals surface area contributed by atoms with Crippen LogP contribution >= 0.6 is 23.2 Å². The van der Waals surface area contributed by atoms with Crippen LogP contribution in [0.2, 0.25) is 0 Å². The third kappa shape index (κ3) is 4.71. The minimum absolute atomic E-state index is 0.924. The van der Waals surface area contributed by atoms with Gasteiger partial charge in [0.2, 0.25) is 0 Å². The minimum Gasteiger partial charge on any atom is -0.360 e. The molecule has 0 aliphatic rings. The Hall–Kier alpha value is 0.120. The Kier molecular flexibility index (Phi) is 6.94. The maximum absolute atomic E-state index is 12.8. The van der Waals surface area contributed by atoms with Gasteiger partial charge in [-0.1, -0.05) is 0 Å². The highest BCUT2D eigenvalue weighted by Crippen LogP contribution is 2.30. The van der Waals surface area contributed by atoms with E-state index in [0.717, 1.165) is 0 Å². The summed E-state index contributed by atoms with van der Waals surface area (Å²) in [5.41, 5.74) is 0. The lowest BCUT2D eigenvalue weighted by Crippen LogP contribution is -2.48. The van der Waals surface area contributed by atoms with Crippen LogP contribution in [0.25, 0.3) is 0 Å². The van der Waals surface area contributed by atoms with Crippen LogP contribution in [0.5, 0.6) is 0 Å². The molecule has 0 bridgehead atoms. The Bertz CT molecular complexity index is 206. The lowest BCUT2D eigenvalue weighted by atomic mass is 10.2. The fourth-order valence-corrected chi connectivity index (χ4v) is 1.46. The van der Waals surface area contributed by atoms with Gasteiger partial charge in [0.1, 0.15) is 12.2 Å². The van der Waals surface area contributed by atoms with E-state index in [1.54, 1.807) is 0 Å². The maximum Gasteiger partial charge on any atom is 0.302 e. The molecule has 0 rings (SSSR count). The van der Waals surface area contributed by atoms with Crippen LogP contribution in [0.15, 0.2) is 0 Å². The van der Waals surface area contributed by atoms with Gasteiger partial charge in [0.25, 0.3) is 0 Å². The molecule has 0 fully saturated rings. The van der Waals surface area contributed by atoms with Gasteiger partial charge in [0, 0.05) is 0 Å². The quantitative estimate of drug-likeness (QED) is 0.493. The molecule has 0 aliphatic heterocycles. The second kappa shape index (κ2) is 6.89. The second-order valence-corrected chi connectivity index (χ2v) is 3.83. The van der Waals surface area contributed by atoms with Gasteiger partial charge >= 0.3 is 11.8 Å². The van der Waals surface area contributed by atoms with Crippen molar-refractivity contribution in [2.24, 2.45) is 0 Å². The van der Waals surface area contributed by atoms with E-state index in [2.05, 4.69) is 4.74 Å². The molecular formula is C8H10Cl2F6O. The van der Waals surface area contributed by atoms with Crippen LogP contribution in [-0.4, -0.2) is 49.2 Å². The molecule has 0 aromatic rings. The summed E-state index contributed by atoms with van der Waals surface area (Å²) in [6.45, 7) is -4.25. The normalized spacial score (nSPS) is 16.9. The molecule has 0 radical (unpaired) electrons. The van der Waals surface area contributed by atoms with Gasteiger partial charge in [-0.25, -0.2) is 26.3 Å². The predicted octanol–water partition coefficient (Wildman–Crippen LogP) is 3.43. The van der Waals surface area contributed by atoms with Gasteiger partial charge in [-0.05, 0) is 0 Å². The number of rotatable bonds is 8. The van der Waals surface area contributed by atoms with E-state index >= 15 is 0 Å². The van der Waals surface area contributed by atoms with Crippen molar-refractivity contribution in [3.05, 3.63) is 0 Å². The fourth-order valence-electron chi connectivity index (χ4n) is 0.868. The molecule has 17 heavy (non-hydrogen) atoms. The van der Waals surface area contributed by atoms with Gasteiger partial charge < -0.3 is 4.74 Å². The first-order valence-corrected chi connectivity index (χ1v) is 5.47. The predicted molar refractivity (Wildman–Crippen MR) is 51.9 cm³/mol. The molecule has 0 amide bonds. The molecular weight excluding hydrogens is 297 g/mol. The fraction of sp³-hybridized carbons (Fsp3) is 1.00. The van der Waals surface area contributed by atoms with Gasteiger partial charge in [0.05, 0.1) is 11.8 Å². The summed E-state index contributed by atoms with van der Waals surface area (Å²) in [4.78, 5) is 0. The number of hydrogen-bond donors (Lipinski definition) is 0. The smallest absolute Gasteiger partial charge is 0.302 e. The first kappa shape index (κ1) is 17.1. The molecule has 0 spiro atoms. The van der Waals surface area contributed by atoms with E-state index in [4.69, 9.17) is 23.2 Å². The van der Waals surface area contributed by atoms with Crippen molar-refractivity contribution in [1.29, 1.82) is 0 Å². The SMILES string of the molecule is FCC(F)(F)C(CCl)OC(CCl)C(F)(F)CF. The van der Waals surface area contributed by atoms with Crippen molar-refractivity contribution in [2.75, 3.05) is 25.1 Å². The maximum atomic E-state index is 12.8. The molecule has 0 heterocycles. The molecule has 0 aromatic carbocycles. The van der Waals surface area contributed by atoms with E-state index in [1.807, 2.05) is 0 Å². The van der Waals surface area contributed by atoms with E-state index in [1.165, 1.54) is 0 Å². The van der Waals surface area contributed by atoms with Crippen molar-refractivity contribution in [3.63, 3.8) is 0 Å². The van der Waals surface area contributed by atoms with Crippen molar-refractivity contribution < 1.29 is 31.1 Å². The van der Waals surface area contributed by atoms with Crippen molar-refractivity contribution in [2.45, 2.75) is 24.1 Å². The molecule has 0 aliphatic carbocycles. The molecule has 0 saturated heterocycles. The Balaban J connectivity index is 4.75. The summed E-state index contributed by atoms with van der Waals surface area (Å²) in [6.07, 6.45) is -4.59. The summed E-state index contributed by atoms with van der Waals surface area (Å²) in [5.74, 6) is -9.91. The van der Waals surface area contributed by atoms with Crippen LogP contribution in [0.3, 0.4) is 0 Å². The molecule has 0 aromatic heterocycles. The van der Waals surface area contributed by atoms with E-state index < -0.39 is 49.2 Å². The highest BCUT2D eigenvalue weighted by atomic mass is 35.5. The molecule has 2 unspecified atom stereocenters. The largest absolute Gasteiger partial charge is 0.360 e. The number of alkyl halides is 8. The first-order valence-electron chi connectivity index (χ1n) is 4.40. The summed E-state index contributed by atoms with van der Waals surface area (Å²) in [5, 5.41) is 0. The Morgan fingerprint density at radius 1 is 0.824 bits per heavy atom. The first-order chi connectivity index (χ1) is 7.75. The number of ether oxygens (including phenoxy) is 1. The van der Waals surface area contributed by atoms with E-state index in [9.17, 15) is 26.3 Å². The third-order valence-corrected chi connectivity index (χ3v) is 2.47. The van der Waals surface area contributed by atoms with Gasteiger partial charge in [-0.15, -0.1) is 23.2 Å². The zero-order valence-electron chi connectivity index (χ0n) is 8.42. The Morgan fingerprint density at radius 2 is 1.12 bits per heavy atom. The van der Waals surface area contributed by atoms with Gasteiger partial charge in [0.15, 0.2) is 13.3 Å². The molecule has 0 N–H and O–H groups in total. The minimum atomic E-state index is -4.03. The van der Waals surface area contributed by atoms with Crippen molar-refractivity contribution in [3.8, 4) is 0 Å². The van der Waals surface area contributed by atoms with Crippen molar-refractivity contribution >= 4 is 23.2 Å². The Labute approximate surface area is 104 Å². The van der Waals surface area contributed by atoms with Crippen LogP contribution in [0, 0.1) is 0 Å². The average molecular weight is 307 g/mol. The average Bonchev–Trinajstić information content (AvgIpc) is 2.29. The van der Waals surface area contributed by atoms with Crippen LogP contribution in [0.4, 0.5) is 26.3 Å². The topological polar surface area (TPSA) is 9.23 Å². The molecule has 0 saturated carbocycles. The van der Waals surface area contributed by atoms with E-state index in [-0.39, 0.29) is 0 Å². The van der Waals surface area contributed by atoms with Crippen LogP contribution in [0.1, 0.15) is 0 Å². The van der Waals surface area contributed by atoms with E-state index in [0.29, 0.717) is 0 Å². The molecule has 9 heteroatoms. The van der Waals surface area contributed by atoms with Crippen molar-refractivity contribution in [1.82, 2.24) is 0 Å². The zero-order valence-corrected chi connectivity index (χ0v) is 9.93. The summed E-state index contributed by atoms with van der Waals surface area (Å²) < 4.78 is 79.5. The lowest BCUT2D eigenvalue weighted by molar-refractivity contribution is -0.207. The molecule has 2 atom stereocenters. The second-order valence-electron chi connectivity index (χ2n) is 3.21. The molecule has 104 valence electrons. The molecule has 1 nitrogen and oxygen atoms in total. The van der Waals surface area contributed by atoms with Crippen LogP contribution in [-0.2, 0) is 4.74 Å². The monoisotopic (exact) mass is 306 g/mol. The number of hydrogen-bond acceptors (Lipinski definition) is 1.